The molecule has 0 saturated carbocycles. The van der Waals surface area contributed by atoms with Crippen LogP contribution in [-0.2, 0) is 11.0 Å². The summed E-state index contributed by atoms with van der Waals surface area (Å²) in [4.78, 5) is 27.2. The molecule has 5 nitrogen and oxygen atoms in total. The van der Waals surface area contributed by atoms with Gasteiger partial charge in [0.05, 0.1) is 16.3 Å². The van der Waals surface area contributed by atoms with Crippen molar-refractivity contribution in [3.05, 3.63) is 57.2 Å². The first-order valence-corrected chi connectivity index (χ1v) is 9.03. The standard InChI is InChI=1S/C15H10BrClF3N3O2S/c16-10-3-1-8(2-4-10)13(25)23-22-12(24)7-26-14-11(17)5-9(6-21-14)15(18,19)20/h1-6H,7H2,(H,22,24)(H,23,25). The van der Waals surface area contributed by atoms with E-state index in [1.54, 1.807) is 24.3 Å². The minimum absolute atomic E-state index is 0.0778. The van der Waals surface area contributed by atoms with Crippen molar-refractivity contribution in [3.8, 4) is 0 Å². The van der Waals surface area contributed by atoms with Gasteiger partial charge >= 0.3 is 6.18 Å². The van der Waals surface area contributed by atoms with Crippen molar-refractivity contribution in [1.29, 1.82) is 0 Å². The van der Waals surface area contributed by atoms with Gasteiger partial charge in [-0.3, -0.25) is 20.4 Å². The average molecular weight is 469 g/mol. The number of nitrogens with one attached hydrogen (secondary N) is 2. The molecule has 1 heterocycles. The van der Waals surface area contributed by atoms with Crippen LogP contribution in [0, 0.1) is 0 Å². The van der Waals surface area contributed by atoms with Gasteiger partial charge in [-0.05, 0) is 30.3 Å². The lowest BCUT2D eigenvalue weighted by Crippen LogP contribution is -2.42. The van der Waals surface area contributed by atoms with Crippen molar-refractivity contribution in [2.24, 2.45) is 0 Å². The van der Waals surface area contributed by atoms with Crippen molar-refractivity contribution in [2.45, 2.75) is 11.2 Å². The summed E-state index contributed by atoms with van der Waals surface area (Å²) < 4.78 is 38.4. The van der Waals surface area contributed by atoms with Crippen LogP contribution < -0.4 is 10.9 Å². The number of thioether (sulfide) groups is 1. The van der Waals surface area contributed by atoms with E-state index in [1.807, 2.05) is 0 Å². The second kappa shape index (κ2) is 8.74. The Hall–Kier alpha value is -1.78. The molecular formula is C15H10BrClF3N3O2S. The monoisotopic (exact) mass is 467 g/mol. The van der Waals surface area contributed by atoms with E-state index >= 15 is 0 Å². The van der Waals surface area contributed by atoms with Crippen LogP contribution in [0.1, 0.15) is 15.9 Å². The van der Waals surface area contributed by atoms with Gasteiger partial charge in [-0.15, -0.1) is 0 Å². The normalized spacial score (nSPS) is 11.1. The Morgan fingerprint density at radius 2 is 1.85 bits per heavy atom. The number of hydrazine groups is 1. The molecule has 0 bridgehead atoms. The van der Waals surface area contributed by atoms with Gasteiger partial charge in [0.2, 0.25) is 5.91 Å². The molecule has 2 N–H and O–H groups in total. The summed E-state index contributed by atoms with van der Waals surface area (Å²) in [5, 5.41) is -0.134. The molecule has 11 heteroatoms. The first-order valence-electron chi connectivity index (χ1n) is 6.87. The van der Waals surface area contributed by atoms with Gasteiger partial charge < -0.3 is 0 Å². The number of benzene rings is 1. The fourth-order valence-corrected chi connectivity index (χ4v) is 2.91. The molecule has 0 aliphatic heterocycles. The molecule has 2 aromatic rings. The maximum Gasteiger partial charge on any atom is 0.417 e. The number of hydrogen-bond acceptors (Lipinski definition) is 4. The van der Waals surface area contributed by atoms with Crippen molar-refractivity contribution in [1.82, 2.24) is 15.8 Å². The zero-order valence-electron chi connectivity index (χ0n) is 12.7. The Labute approximate surface area is 163 Å². The maximum absolute atomic E-state index is 12.5. The summed E-state index contributed by atoms with van der Waals surface area (Å²) in [6.07, 6.45) is -3.91. The summed E-state index contributed by atoms with van der Waals surface area (Å²) in [7, 11) is 0. The van der Waals surface area contributed by atoms with Gasteiger partial charge in [-0.1, -0.05) is 39.3 Å². The number of nitrogens with zero attached hydrogens (tertiary/aromatic N) is 1. The third kappa shape index (κ3) is 5.89. The number of hydrogen-bond donors (Lipinski definition) is 2. The Morgan fingerprint density at radius 1 is 1.19 bits per heavy atom. The Balaban J connectivity index is 1.85. The molecule has 2 rings (SSSR count). The fraction of sp³-hybridized carbons (Fsp3) is 0.133. The third-order valence-electron chi connectivity index (χ3n) is 2.90. The van der Waals surface area contributed by atoms with Crippen LogP contribution in [-0.4, -0.2) is 22.6 Å². The number of carbonyl (C=O) groups excluding carboxylic acids is 2. The SMILES string of the molecule is O=C(CSc1ncc(C(F)(F)F)cc1Cl)NNC(=O)c1ccc(Br)cc1. The lowest BCUT2D eigenvalue weighted by atomic mass is 10.2. The maximum atomic E-state index is 12.5. The summed E-state index contributed by atoms with van der Waals surface area (Å²) in [5.41, 5.74) is 3.80. The Bertz CT molecular complexity index is 819. The van der Waals surface area contributed by atoms with Gasteiger partial charge in [0.25, 0.3) is 5.91 Å². The van der Waals surface area contributed by atoms with Crippen LogP contribution in [0.5, 0.6) is 0 Å². The third-order valence-corrected chi connectivity index (χ3v) is 4.83. The van der Waals surface area contributed by atoms with Crippen LogP contribution in [0.3, 0.4) is 0 Å². The first-order chi connectivity index (χ1) is 12.2. The molecular weight excluding hydrogens is 459 g/mol. The first kappa shape index (κ1) is 20.5. The molecule has 0 aliphatic carbocycles. The highest BCUT2D eigenvalue weighted by atomic mass is 79.9. The van der Waals surface area contributed by atoms with E-state index in [4.69, 9.17) is 11.6 Å². The Kier molecular flexibility index (Phi) is 6.90. The molecule has 0 saturated heterocycles. The minimum atomic E-state index is -4.55. The van der Waals surface area contributed by atoms with Gasteiger partial charge in [0.15, 0.2) is 0 Å². The van der Waals surface area contributed by atoms with Crippen molar-refractivity contribution < 1.29 is 22.8 Å². The van der Waals surface area contributed by atoms with E-state index in [-0.39, 0.29) is 15.8 Å². The second-order valence-corrected chi connectivity index (χ2v) is 7.09. The fourth-order valence-electron chi connectivity index (χ4n) is 1.66. The van der Waals surface area contributed by atoms with Gasteiger partial charge in [0, 0.05) is 16.2 Å². The number of pyridine rings is 1. The predicted molar refractivity (Wildman–Crippen MR) is 94.7 cm³/mol. The van der Waals surface area contributed by atoms with Crippen LogP contribution in [0.4, 0.5) is 13.2 Å². The molecule has 1 aromatic heterocycles. The molecule has 26 heavy (non-hydrogen) atoms. The quantitative estimate of drug-likeness (QED) is 0.524. The van der Waals surface area contributed by atoms with Gasteiger partial charge in [-0.2, -0.15) is 13.2 Å². The topological polar surface area (TPSA) is 71.1 Å². The summed E-state index contributed by atoms with van der Waals surface area (Å²) in [5.74, 6) is -1.28. The summed E-state index contributed by atoms with van der Waals surface area (Å²) in [6, 6.07) is 7.21. The Morgan fingerprint density at radius 3 is 2.42 bits per heavy atom. The number of rotatable bonds is 4. The largest absolute Gasteiger partial charge is 0.417 e. The van der Waals surface area contributed by atoms with E-state index in [0.29, 0.717) is 11.8 Å². The molecule has 2 amide bonds. The molecule has 0 atom stereocenters. The smallest absolute Gasteiger partial charge is 0.272 e. The van der Waals surface area contributed by atoms with Crippen LogP contribution in [0.2, 0.25) is 5.02 Å². The zero-order chi connectivity index (χ0) is 19.3. The number of alkyl halides is 3. The van der Waals surface area contributed by atoms with Gasteiger partial charge in [0.1, 0.15) is 5.03 Å². The number of aromatic nitrogens is 1. The van der Waals surface area contributed by atoms with E-state index in [2.05, 4.69) is 31.8 Å². The molecule has 0 radical (unpaired) electrons. The summed E-state index contributed by atoms with van der Waals surface area (Å²) in [6.45, 7) is 0. The van der Waals surface area contributed by atoms with Crippen molar-refractivity contribution >= 4 is 51.1 Å². The highest BCUT2D eigenvalue weighted by Gasteiger charge is 2.31. The molecule has 0 spiro atoms. The lowest BCUT2D eigenvalue weighted by molar-refractivity contribution is -0.137. The molecule has 0 unspecified atom stereocenters. The minimum Gasteiger partial charge on any atom is -0.272 e. The molecule has 0 fully saturated rings. The van der Waals surface area contributed by atoms with E-state index in [9.17, 15) is 22.8 Å². The molecule has 138 valence electrons. The molecule has 0 aliphatic rings. The number of carbonyl (C=O) groups is 2. The molecule has 1 aromatic carbocycles. The van der Waals surface area contributed by atoms with E-state index in [0.717, 1.165) is 22.3 Å². The van der Waals surface area contributed by atoms with Crippen molar-refractivity contribution in [2.75, 3.05) is 5.75 Å². The predicted octanol–water partition coefficient (Wildman–Crippen LogP) is 4.07. The highest BCUT2D eigenvalue weighted by molar-refractivity contribution is 9.10. The van der Waals surface area contributed by atoms with Crippen LogP contribution in [0.25, 0.3) is 0 Å². The highest BCUT2D eigenvalue weighted by Crippen LogP contribution is 2.33. The van der Waals surface area contributed by atoms with Crippen LogP contribution in [0.15, 0.2) is 46.0 Å². The average Bonchev–Trinajstić information content (AvgIpc) is 2.58. The van der Waals surface area contributed by atoms with Crippen LogP contribution >= 0.6 is 39.3 Å². The second-order valence-electron chi connectivity index (χ2n) is 4.81. The van der Waals surface area contributed by atoms with Crippen molar-refractivity contribution in [3.63, 3.8) is 0 Å². The lowest BCUT2D eigenvalue weighted by Gasteiger charge is -2.09. The number of amides is 2. The van der Waals surface area contributed by atoms with E-state index in [1.165, 1.54) is 0 Å². The van der Waals surface area contributed by atoms with E-state index < -0.39 is 23.6 Å². The van der Waals surface area contributed by atoms with Gasteiger partial charge in [-0.25, -0.2) is 4.98 Å². The summed E-state index contributed by atoms with van der Waals surface area (Å²) >= 11 is 9.83. The number of halogens is 5. The zero-order valence-corrected chi connectivity index (χ0v) is 15.9.